The number of anilines is 1. The fourth-order valence-electron chi connectivity index (χ4n) is 2.69. The summed E-state index contributed by atoms with van der Waals surface area (Å²) >= 11 is 1.41. The van der Waals surface area contributed by atoms with Gasteiger partial charge in [0.1, 0.15) is 0 Å². The first-order chi connectivity index (χ1) is 13.1. The molecule has 0 aliphatic heterocycles. The van der Waals surface area contributed by atoms with Crippen molar-refractivity contribution >= 4 is 39.1 Å². The third-order valence-electron chi connectivity index (χ3n) is 3.88. The standard InChI is InChI=1S/C20H21N3O3S/c1-3-26-12-11-23-17-10-9-16(21-14(2)24)13-18(17)27-20(23)22-19(25)15-7-5-4-6-8-15/h4-10,13H,3,11-12H2,1-2H3,(H,21,24). The van der Waals surface area contributed by atoms with Gasteiger partial charge in [0, 0.05) is 31.3 Å². The Bertz CT molecular complexity index is 1020. The minimum atomic E-state index is -0.283. The van der Waals surface area contributed by atoms with E-state index in [1.54, 1.807) is 12.1 Å². The van der Waals surface area contributed by atoms with Crippen LogP contribution in [0.25, 0.3) is 10.2 Å². The normalized spacial score (nSPS) is 11.7. The minimum Gasteiger partial charge on any atom is -0.380 e. The summed E-state index contributed by atoms with van der Waals surface area (Å²) in [5.74, 6) is -0.409. The van der Waals surface area contributed by atoms with E-state index in [1.807, 2.05) is 47.9 Å². The zero-order valence-electron chi connectivity index (χ0n) is 15.3. The number of aromatic nitrogens is 1. The van der Waals surface area contributed by atoms with Crippen molar-refractivity contribution in [2.75, 3.05) is 18.5 Å². The van der Waals surface area contributed by atoms with Gasteiger partial charge in [0.2, 0.25) is 5.91 Å². The molecule has 140 valence electrons. The van der Waals surface area contributed by atoms with Gasteiger partial charge in [-0.05, 0) is 37.3 Å². The number of ether oxygens (including phenoxy) is 1. The molecule has 2 amide bonds. The molecule has 2 aromatic carbocycles. The molecule has 7 heteroatoms. The lowest BCUT2D eigenvalue weighted by Gasteiger charge is -2.06. The molecule has 3 rings (SSSR count). The van der Waals surface area contributed by atoms with Crippen molar-refractivity contribution < 1.29 is 14.3 Å². The molecule has 0 radical (unpaired) electrons. The SMILES string of the molecule is CCOCCn1c(=NC(=O)c2ccccc2)sc2cc(NC(C)=O)ccc21. The number of benzene rings is 2. The average Bonchev–Trinajstić information content (AvgIpc) is 2.98. The molecule has 0 saturated carbocycles. The van der Waals surface area contributed by atoms with E-state index in [-0.39, 0.29) is 11.8 Å². The highest BCUT2D eigenvalue weighted by atomic mass is 32.1. The first-order valence-electron chi connectivity index (χ1n) is 8.71. The topological polar surface area (TPSA) is 72.7 Å². The van der Waals surface area contributed by atoms with Crippen LogP contribution in [0.2, 0.25) is 0 Å². The van der Waals surface area contributed by atoms with Gasteiger partial charge in [-0.3, -0.25) is 9.59 Å². The summed E-state index contributed by atoms with van der Waals surface area (Å²) in [4.78, 5) is 28.8. The van der Waals surface area contributed by atoms with Crippen LogP contribution < -0.4 is 10.1 Å². The van der Waals surface area contributed by atoms with Crippen LogP contribution >= 0.6 is 11.3 Å². The molecule has 27 heavy (non-hydrogen) atoms. The van der Waals surface area contributed by atoms with Crippen molar-refractivity contribution in [2.45, 2.75) is 20.4 Å². The Hall–Kier alpha value is -2.77. The fraction of sp³-hybridized carbons (Fsp3) is 0.250. The molecule has 1 heterocycles. The Morgan fingerprint density at radius 1 is 1.19 bits per heavy atom. The lowest BCUT2D eigenvalue weighted by molar-refractivity contribution is -0.114. The van der Waals surface area contributed by atoms with Crippen LogP contribution in [-0.2, 0) is 16.1 Å². The first-order valence-corrected chi connectivity index (χ1v) is 9.53. The van der Waals surface area contributed by atoms with Gasteiger partial charge in [0.25, 0.3) is 5.91 Å². The molecule has 6 nitrogen and oxygen atoms in total. The molecule has 0 unspecified atom stereocenters. The van der Waals surface area contributed by atoms with E-state index in [4.69, 9.17) is 4.74 Å². The minimum absolute atomic E-state index is 0.126. The summed E-state index contributed by atoms with van der Waals surface area (Å²) in [6.07, 6.45) is 0. The van der Waals surface area contributed by atoms with Gasteiger partial charge in [0.05, 0.1) is 16.8 Å². The molecule has 1 aromatic heterocycles. The van der Waals surface area contributed by atoms with Crippen molar-refractivity contribution in [3.63, 3.8) is 0 Å². The molecule has 0 spiro atoms. The Kier molecular flexibility index (Phi) is 6.16. The van der Waals surface area contributed by atoms with Crippen molar-refractivity contribution in [3.05, 3.63) is 58.9 Å². The zero-order chi connectivity index (χ0) is 19.2. The number of rotatable bonds is 6. The lowest BCUT2D eigenvalue weighted by Crippen LogP contribution is -2.19. The number of carbonyl (C=O) groups is 2. The number of carbonyl (C=O) groups excluding carboxylic acids is 2. The van der Waals surface area contributed by atoms with Gasteiger partial charge in [-0.1, -0.05) is 29.5 Å². The van der Waals surface area contributed by atoms with Crippen LogP contribution in [0.1, 0.15) is 24.2 Å². The monoisotopic (exact) mass is 383 g/mol. The second-order valence-corrected chi connectivity index (χ2v) is 6.89. The Morgan fingerprint density at radius 2 is 1.96 bits per heavy atom. The summed E-state index contributed by atoms with van der Waals surface area (Å²) < 4.78 is 8.40. The Labute approximate surface area is 161 Å². The molecular weight excluding hydrogens is 362 g/mol. The number of thiazole rings is 1. The number of hydrogen-bond acceptors (Lipinski definition) is 4. The second kappa shape index (κ2) is 8.75. The molecule has 0 saturated heterocycles. The number of hydrogen-bond donors (Lipinski definition) is 1. The van der Waals surface area contributed by atoms with Crippen molar-refractivity contribution in [1.29, 1.82) is 0 Å². The lowest BCUT2D eigenvalue weighted by atomic mass is 10.2. The van der Waals surface area contributed by atoms with E-state index in [9.17, 15) is 9.59 Å². The highest BCUT2D eigenvalue weighted by Crippen LogP contribution is 2.22. The molecule has 3 aromatic rings. The Morgan fingerprint density at radius 3 is 2.67 bits per heavy atom. The molecule has 0 aliphatic carbocycles. The highest BCUT2D eigenvalue weighted by Gasteiger charge is 2.10. The highest BCUT2D eigenvalue weighted by molar-refractivity contribution is 7.16. The molecular formula is C20H21N3O3S. The maximum atomic E-state index is 12.5. The number of amides is 2. The summed E-state index contributed by atoms with van der Waals surface area (Å²) in [7, 11) is 0. The third kappa shape index (κ3) is 4.69. The first kappa shape index (κ1) is 19.0. The second-order valence-electron chi connectivity index (χ2n) is 5.88. The summed E-state index contributed by atoms with van der Waals surface area (Å²) in [5, 5.41) is 2.78. The molecule has 0 fully saturated rings. The van der Waals surface area contributed by atoms with Gasteiger partial charge in [-0.15, -0.1) is 0 Å². The van der Waals surface area contributed by atoms with E-state index in [0.717, 1.165) is 10.2 Å². The summed E-state index contributed by atoms with van der Waals surface area (Å²) in [5.41, 5.74) is 2.22. The van der Waals surface area contributed by atoms with Crippen LogP contribution in [0, 0.1) is 0 Å². The van der Waals surface area contributed by atoms with Gasteiger partial charge in [-0.2, -0.15) is 4.99 Å². The fourth-order valence-corrected chi connectivity index (χ4v) is 3.78. The summed E-state index contributed by atoms with van der Waals surface area (Å²) in [6.45, 7) is 5.17. The largest absolute Gasteiger partial charge is 0.380 e. The summed E-state index contributed by atoms with van der Waals surface area (Å²) in [6, 6.07) is 14.7. The van der Waals surface area contributed by atoms with Crippen LogP contribution in [0.5, 0.6) is 0 Å². The quantitative estimate of drug-likeness (QED) is 0.663. The number of nitrogens with one attached hydrogen (secondary N) is 1. The van der Waals surface area contributed by atoms with E-state index >= 15 is 0 Å². The van der Waals surface area contributed by atoms with E-state index in [2.05, 4.69) is 10.3 Å². The predicted molar refractivity (Wildman–Crippen MR) is 107 cm³/mol. The predicted octanol–water partition coefficient (Wildman–Crippen LogP) is 3.44. The van der Waals surface area contributed by atoms with Crippen LogP contribution in [0.3, 0.4) is 0 Å². The van der Waals surface area contributed by atoms with Crippen LogP contribution in [0.15, 0.2) is 53.5 Å². The molecule has 1 N–H and O–H groups in total. The average molecular weight is 383 g/mol. The van der Waals surface area contributed by atoms with Crippen molar-refractivity contribution in [1.82, 2.24) is 4.57 Å². The van der Waals surface area contributed by atoms with Crippen molar-refractivity contribution in [2.24, 2.45) is 4.99 Å². The Balaban J connectivity index is 2.05. The van der Waals surface area contributed by atoms with E-state index in [1.165, 1.54) is 18.3 Å². The zero-order valence-corrected chi connectivity index (χ0v) is 16.1. The number of nitrogens with zero attached hydrogens (tertiary/aromatic N) is 2. The van der Waals surface area contributed by atoms with E-state index in [0.29, 0.717) is 35.8 Å². The van der Waals surface area contributed by atoms with Crippen LogP contribution in [0.4, 0.5) is 5.69 Å². The maximum Gasteiger partial charge on any atom is 0.279 e. The molecule has 0 atom stereocenters. The van der Waals surface area contributed by atoms with Gasteiger partial charge in [0.15, 0.2) is 4.80 Å². The van der Waals surface area contributed by atoms with Gasteiger partial charge >= 0.3 is 0 Å². The van der Waals surface area contributed by atoms with Gasteiger partial charge < -0.3 is 14.6 Å². The van der Waals surface area contributed by atoms with Crippen LogP contribution in [-0.4, -0.2) is 29.6 Å². The smallest absolute Gasteiger partial charge is 0.279 e. The van der Waals surface area contributed by atoms with Crippen molar-refractivity contribution in [3.8, 4) is 0 Å². The van der Waals surface area contributed by atoms with E-state index < -0.39 is 0 Å². The number of fused-ring (bicyclic) bond motifs is 1. The molecule has 0 aliphatic rings. The third-order valence-corrected chi connectivity index (χ3v) is 4.93. The maximum absolute atomic E-state index is 12.5. The molecule has 0 bridgehead atoms. The van der Waals surface area contributed by atoms with Gasteiger partial charge in [-0.25, -0.2) is 0 Å².